The lowest BCUT2D eigenvalue weighted by Crippen LogP contribution is -2.06. The summed E-state index contributed by atoms with van der Waals surface area (Å²) in [5.74, 6) is 1.36. The van der Waals surface area contributed by atoms with E-state index in [1.807, 2.05) is 25.1 Å². The molecule has 0 N–H and O–H groups in total. The lowest BCUT2D eigenvalue weighted by molar-refractivity contribution is 0.145. The molecule has 0 spiro atoms. The van der Waals surface area contributed by atoms with Crippen molar-refractivity contribution in [2.75, 3.05) is 20.3 Å². The van der Waals surface area contributed by atoms with Crippen LogP contribution < -0.4 is 4.74 Å². The molecule has 0 aromatic heterocycles. The summed E-state index contributed by atoms with van der Waals surface area (Å²) in [5, 5.41) is 0. The van der Waals surface area contributed by atoms with E-state index >= 15 is 0 Å². The summed E-state index contributed by atoms with van der Waals surface area (Å²) in [6, 6.07) is 5.97. The fourth-order valence-electron chi connectivity index (χ4n) is 1.25. The van der Waals surface area contributed by atoms with Gasteiger partial charge in [-0.2, -0.15) is 0 Å². The Morgan fingerprint density at radius 2 is 2.07 bits per heavy atom. The van der Waals surface area contributed by atoms with E-state index in [4.69, 9.17) is 21.1 Å². The molecular weight excluding hydrogens is 200 g/mol. The molecule has 2 nitrogen and oxygen atoms in total. The molecule has 3 heteroatoms. The van der Waals surface area contributed by atoms with Crippen LogP contribution in [0.3, 0.4) is 0 Å². The molecule has 0 fully saturated rings. The molecule has 0 saturated carbocycles. The highest BCUT2D eigenvalue weighted by atomic mass is 35.5. The van der Waals surface area contributed by atoms with Gasteiger partial charge in [-0.25, -0.2) is 0 Å². The van der Waals surface area contributed by atoms with E-state index in [1.165, 1.54) is 0 Å². The Morgan fingerprint density at radius 1 is 1.29 bits per heavy atom. The summed E-state index contributed by atoms with van der Waals surface area (Å²) in [4.78, 5) is 0. The van der Waals surface area contributed by atoms with Crippen LogP contribution >= 0.6 is 11.6 Å². The van der Waals surface area contributed by atoms with Gasteiger partial charge in [0.05, 0.1) is 12.5 Å². The van der Waals surface area contributed by atoms with Gasteiger partial charge in [-0.15, -0.1) is 11.6 Å². The van der Waals surface area contributed by atoms with Crippen LogP contribution in [-0.4, -0.2) is 20.3 Å². The third-order valence-corrected chi connectivity index (χ3v) is 2.26. The number of halogens is 1. The van der Waals surface area contributed by atoms with Crippen LogP contribution in [0.25, 0.3) is 0 Å². The average Bonchev–Trinajstić information content (AvgIpc) is 2.20. The smallest absolute Gasteiger partial charge is 0.126 e. The first-order chi connectivity index (χ1) is 6.79. The number of aryl methyl sites for hydroxylation is 1. The molecule has 1 aromatic carbocycles. The molecule has 1 rings (SSSR count). The van der Waals surface area contributed by atoms with Crippen molar-refractivity contribution in [3.63, 3.8) is 0 Å². The first-order valence-electron chi connectivity index (χ1n) is 4.55. The van der Waals surface area contributed by atoms with E-state index in [0.717, 1.165) is 16.9 Å². The maximum atomic E-state index is 5.81. The fraction of sp³-hybridized carbons (Fsp3) is 0.455. The Morgan fingerprint density at radius 3 is 2.71 bits per heavy atom. The standard InChI is InChI=1S/C11H15ClO2/c1-9-4-3-5-10(8-12)11(9)14-7-6-13-2/h3-5H,6-8H2,1-2H3. The first-order valence-corrected chi connectivity index (χ1v) is 5.09. The Hall–Kier alpha value is -0.730. The molecular formula is C11H15ClO2. The van der Waals surface area contributed by atoms with Gasteiger partial charge in [-0.05, 0) is 12.5 Å². The predicted molar refractivity (Wildman–Crippen MR) is 58.1 cm³/mol. The highest BCUT2D eigenvalue weighted by Gasteiger charge is 2.05. The van der Waals surface area contributed by atoms with Gasteiger partial charge < -0.3 is 9.47 Å². The van der Waals surface area contributed by atoms with E-state index in [9.17, 15) is 0 Å². The van der Waals surface area contributed by atoms with Crippen molar-refractivity contribution in [1.29, 1.82) is 0 Å². The molecule has 0 aliphatic rings. The SMILES string of the molecule is COCCOc1c(C)cccc1CCl. The van der Waals surface area contributed by atoms with Crippen LogP contribution in [0.15, 0.2) is 18.2 Å². The number of benzene rings is 1. The van der Waals surface area contributed by atoms with E-state index in [0.29, 0.717) is 19.1 Å². The summed E-state index contributed by atoms with van der Waals surface area (Å²) in [6.07, 6.45) is 0. The van der Waals surface area contributed by atoms with Gasteiger partial charge in [0.2, 0.25) is 0 Å². The highest BCUT2D eigenvalue weighted by molar-refractivity contribution is 6.17. The minimum atomic E-state index is 0.476. The third-order valence-electron chi connectivity index (χ3n) is 1.97. The number of methoxy groups -OCH3 is 1. The summed E-state index contributed by atoms with van der Waals surface area (Å²) in [5.41, 5.74) is 2.14. The molecule has 0 bridgehead atoms. The van der Waals surface area contributed by atoms with Crippen LogP contribution in [0.4, 0.5) is 0 Å². The second-order valence-corrected chi connectivity index (χ2v) is 3.31. The minimum absolute atomic E-state index is 0.476. The van der Waals surface area contributed by atoms with Crippen molar-refractivity contribution >= 4 is 11.6 Å². The monoisotopic (exact) mass is 214 g/mol. The third kappa shape index (κ3) is 2.89. The van der Waals surface area contributed by atoms with Gasteiger partial charge >= 0.3 is 0 Å². The van der Waals surface area contributed by atoms with E-state index in [-0.39, 0.29) is 0 Å². The second kappa shape index (κ2) is 5.89. The van der Waals surface area contributed by atoms with Gasteiger partial charge in [0, 0.05) is 12.7 Å². The summed E-state index contributed by atoms with van der Waals surface area (Å²) < 4.78 is 10.5. The molecule has 0 aliphatic heterocycles. The summed E-state index contributed by atoms with van der Waals surface area (Å²) in [7, 11) is 1.66. The zero-order valence-corrected chi connectivity index (χ0v) is 9.30. The van der Waals surface area contributed by atoms with Crippen molar-refractivity contribution in [3.05, 3.63) is 29.3 Å². The van der Waals surface area contributed by atoms with E-state index in [2.05, 4.69) is 0 Å². The van der Waals surface area contributed by atoms with E-state index < -0.39 is 0 Å². The normalized spacial score (nSPS) is 10.2. The number of para-hydroxylation sites is 1. The molecule has 0 aliphatic carbocycles. The lowest BCUT2D eigenvalue weighted by Gasteiger charge is -2.12. The average molecular weight is 215 g/mol. The number of alkyl halides is 1. The number of hydrogen-bond acceptors (Lipinski definition) is 2. The first kappa shape index (κ1) is 11.3. The van der Waals surface area contributed by atoms with Gasteiger partial charge in [0.15, 0.2) is 0 Å². The molecule has 1 aromatic rings. The fourth-order valence-corrected chi connectivity index (χ4v) is 1.46. The zero-order chi connectivity index (χ0) is 10.4. The Labute approximate surface area is 89.8 Å². The molecule has 0 heterocycles. The summed E-state index contributed by atoms with van der Waals surface area (Å²) >= 11 is 5.81. The van der Waals surface area contributed by atoms with Gasteiger partial charge in [0.1, 0.15) is 12.4 Å². The van der Waals surface area contributed by atoms with Crippen molar-refractivity contribution in [2.24, 2.45) is 0 Å². The van der Waals surface area contributed by atoms with E-state index in [1.54, 1.807) is 7.11 Å². The molecule has 14 heavy (non-hydrogen) atoms. The maximum Gasteiger partial charge on any atom is 0.126 e. The number of rotatable bonds is 5. The van der Waals surface area contributed by atoms with Crippen molar-refractivity contribution in [1.82, 2.24) is 0 Å². The van der Waals surface area contributed by atoms with Gasteiger partial charge in [0.25, 0.3) is 0 Å². The zero-order valence-electron chi connectivity index (χ0n) is 8.55. The largest absolute Gasteiger partial charge is 0.491 e. The summed E-state index contributed by atoms with van der Waals surface area (Å²) in [6.45, 7) is 3.17. The van der Waals surface area contributed by atoms with Crippen LogP contribution in [0.2, 0.25) is 0 Å². The quantitative estimate of drug-likeness (QED) is 0.554. The number of hydrogen-bond donors (Lipinski definition) is 0. The van der Waals surface area contributed by atoms with Crippen LogP contribution in [0.5, 0.6) is 5.75 Å². The molecule has 78 valence electrons. The van der Waals surface area contributed by atoms with Crippen molar-refractivity contribution < 1.29 is 9.47 Å². The van der Waals surface area contributed by atoms with Crippen molar-refractivity contribution in [2.45, 2.75) is 12.8 Å². The topological polar surface area (TPSA) is 18.5 Å². The molecule has 0 unspecified atom stereocenters. The van der Waals surface area contributed by atoms with Gasteiger partial charge in [-0.3, -0.25) is 0 Å². The Balaban J connectivity index is 2.72. The molecule has 0 radical (unpaired) electrons. The van der Waals surface area contributed by atoms with Gasteiger partial charge in [-0.1, -0.05) is 18.2 Å². The highest BCUT2D eigenvalue weighted by Crippen LogP contribution is 2.24. The van der Waals surface area contributed by atoms with Crippen LogP contribution in [0.1, 0.15) is 11.1 Å². The molecule has 0 amide bonds. The molecule has 0 atom stereocenters. The second-order valence-electron chi connectivity index (χ2n) is 3.04. The van der Waals surface area contributed by atoms with Crippen LogP contribution in [-0.2, 0) is 10.6 Å². The Kier molecular flexibility index (Phi) is 4.77. The maximum absolute atomic E-state index is 5.81. The molecule has 0 saturated heterocycles. The Bertz CT molecular complexity index is 287. The van der Waals surface area contributed by atoms with Crippen molar-refractivity contribution in [3.8, 4) is 5.75 Å². The van der Waals surface area contributed by atoms with Crippen LogP contribution in [0, 0.1) is 6.92 Å². The predicted octanol–water partition coefficient (Wildman–Crippen LogP) is 2.76. The lowest BCUT2D eigenvalue weighted by atomic mass is 10.1. The number of ether oxygens (including phenoxy) is 2. The minimum Gasteiger partial charge on any atom is -0.491 e.